The predicted octanol–water partition coefficient (Wildman–Crippen LogP) is 4.41. The fourth-order valence-electron chi connectivity index (χ4n) is 3.47. The number of amides is 2. The Bertz CT molecular complexity index is 822. The summed E-state index contributed by atoms with van der Waals surface area (Å²) in [6, 6.07) is 8.08. The second-order valence-corrected chi connectivity index (χ2v) is 8.74. The average Bonchev–Trinajstić information content (AvgIpc) is 3.00. The fraction of sp³-hybridized carbons (Fsp3) is 0.545. The van der Waals surface area contributed by atoms with Gasteiger partial charge in [0.1, 0.15) is 17.7 Å². The van der Waals surface area contributed by atoms with Crippen molar-refractivity contribution in [3.8, 4) is 5.75 Å². The number of carbonyl (C=O) groups excluding carboxylic acids is 1. The molecule has 0 bridgehead atoms. The van der Waals surface area contributed by atoms with E-state index < -0.39 is 0 Å². The fourth-order valence-corrected chi connectivity index (χ4v) is 3.47. The van der Waals surface area contributed by atoms with Crippen molar-refractivity contribution < 1.29 is 9.53 Å². The molecule has 2 heterocycles. The van der Waals surface area contributed by atoms with Gasteiger partial charge in [0.05, 0.1) is 5.69 Å². The average molecular weight is 385 g/mol. The molecular weight excluding hydrogens is 352 g/mol. The number of hydrogen-bond donors (Lipinski definition) is 1. The van der Waals surface area contributed by atoms with Gasteiger partial charge in [-0.05, 0) is 25.0 Å². The quantitative estimate of drug-likeness (QED) is 0.853. The van der Waals surface area contributed by atoms with E-state index in [0.717, 1.165) is 41.2 Å². The molecule has 1 fully saturated rings. The number of benzene rings is 1. The number of nitrogens with one attached hydrogen (secondary N) is 1. The number of nitrogens with zero attached hydrogens (tertiary/aromatic N) is 3. The third-order valence-electron chi connectivity index (χ3n) is 5.31. The topological polar surface area (TPSA) is 59.4 Å². The molecule has 2 aromatic rings. The minimum absolute atomic E-state index is 0.0515. The number of piperidine rings is 1. The first-order valence-corrected chi connectivity index (χ1v) is 9.98. The van der Waals surface area contributed by atoms with Gasteiger partial charge in [0, 0.05) is 44.5 Å². The van der Waals surface area contributed by atoms with Crippen molar-refractivity contribution in [2.45, 2.75) is 59.0 Å². The summed E-state index contributed by atoms with van der Waals surface area (Å²) in [5.41, 5.74) is 3.23. The number of carbonyl (C=O) groups is 1. The van der Waals surface area contributed by atoms with E-state index in [1.54, 1.807) is 4.68 Å². The van der Waals surface area contributed by atoms with Gasteiger partial charge in [-0.1, -0.05) is 39.0 Å². The maximum Gasteiger partial charge on any atom is 0.323 e. The molecule has 1 aromatic heterocycles. The van der Waals surface area contributed by atoms with E-state index >= 15 is 0 Å². The molecule has 1 aliphatic rings. The minimum Gasteiger partial charge on any atom is -0.490 e. The number of aromatic nitrogens is 2. The molecule has 0 radical (unpaired) electrons. The molecule has 6 heteroatoms. The van der Waals surface area contributed by atoms with Gasteiger partial charge in [0.15, 0.2) is 0 Å². The molecule has 3 rings (SSSR count). The van der Waals surface area contributed by atoms with E-state index in [-0.39, 0.29) is 17.6 Å². The lowest BCUT2D eigenvalue weighted by Crippen LogP contribution is -2.44. The summed E-state index contributed by atoms with van der Waals surface area (Å²) in [4.78, 5) is 14.5. The van der Waals surface area contributed by atoms with Gasteiger partial charge < -0.3 is 9.64 Å². The minimum atomic E-state index is -0.0750. The van der Waals surface area contributed by atoms with E-state index in [1.165, 1.54) is 0 Å². The van der Waals surface area contributed by atoms with Crippen molar-refractivity contribution in [3.05, 3.63) is 41.1 Å². The van der Waals surface area contributed by atoms with Gasteiger partial charge in [-0.3, -0.25) is 10.00 Å². The highest BCUT2D eigenvalue weighted by Crippen LogP contribution is 2.27. The van der Waals surface area contributed by atoms with E-state index in [1.807, 2.05) is 24.1 Å². The van der Waals surface area contributed by atoms with Crippen LogP contribution in [0.1, 0.15) is 50.4 Å². The van der Waals surface area contributed by atoms with Gasteiger partial charge in [0.2, 0.25) is 0 Å². The first-order chi connectivity index (χ1) is 13.1. The number of aryl methyl sites for hydroxylation is 3. The second-order valence-electron chi connectivity index (χ2n) is 8.74. The van der Waals surface area contributed by atoms with Crippen molar-refractivity contribution in [1.29, 1.82) is 0 Å². The number of likely N-dealkylation sites (tertiary alicyclic amines) is 1. The molecule has 2 amide bonds. The van der Waals surface area contributed by atoms with Crippen LogP contribution in [0.5, 0.6) is 5.75 Å². The molecule has 28 heavy (non-hydrogen) atoms. The largest absolute Gasteiger partial charge is 0.490 e. The summed E-state index contributed by atoms with van der Waals surface area (Å²) in [5, 5.41) is 7.52. The van der Waals surface area contributed by atoms with E-state index in [9.17, 15) is 4.79 Å². The molecule has 0 saturated carbocycles. The monoisotopic (exact) mass is 384 g/mol. The van der Waals surface area contributed by atoms with Crippen LogP contribution in [0.25, 0.3) is 0 Å². The highest BCUT2D eigenvalue weighted by Gasteiger charge is 2.26. The molecule has 152 valence electrons. The maximum absolute atomic E-state index is 12.7. The number of ether oxygens (including phenoxy) is 1. The van der Waals surface area contributed by atoms with Gasteiger partial charge in [-0.15, -0.1) is 0 Å². The van der Waals surface area contributed by atoms with Crippen LogP contribution in [-0.4, -0.2) is 39.9 Å². The molecule has 0 spiro atoms. The third-order valence-corrected chi connectivity index (χ3v) is 5.31. The third kappa shape index (κ3) is 4.49. The van der Waals surface area contributed by atoms with Crippen LogP contribution in [0.2, 0.25) is 0 Å². The summed E-state index contributed by atoms with van der Waals surface area (Å²) in [6.07, 6.45) is 1.81. The van der Waals surface area contributed by atoms with Crippen LogP contribution in [0.3, 0.4) is 0 Å². The zero-order valence-corrected chi connectivity index (χ0v) is 17.9. The van der Waals surface area contributed by atoms with Gasteiger partial charge >= 0.3 is 6.03 Å². The highest BCUT2D eigenvalue weighted by molar-refractivity contribution is 5.88. The van der Waals surface area contributed by atoms with Crippen LogP contribution in [0.4, 0.5) is 10.6 Å². The summed E-state index contributed by atoms with van der Waals surface area (Å²) >= 11 is 0. The van der Waals surface area contributed by atoms with Crippen LogP contribution < -0.4 is 10.1 Å². The van der Waals surface area contributed by atoms with Gasteiger partial charge in [-0.25, -0.2) is 4.79 Å². The molecule has 1 saturated heterocycles. The number of anilines is 1. The first kappa shape index (κ1) is 20.2. The molecule has 0 unspecified atom stereocenters. The number of urea groups is 1. The van der Waals surface area contributed by atoms with Crippen molar-refractivity contribution in [2.24, 2.45) is 7.05 Å². The first-order valence-electron chi connectivity index (χ1n) is 9.98. The summed E-state index contributed by atoms with van der Waals surface area (Å²) in [7, 11) is 1.86. The van der Waals surface area contributed by atoms with Gasteiger partial charge in [-0.2, -0.15) is 5.10 Å². The SMILES string of the molecule is Cc1cccc(C)c1OC1CCN(C(=O)Nc2cc(C(C)(C)C)nn2C)CC1. The normalized spacial score (nSPS) is 15.6. The Hall–Kier alpha value is -2.50. The Morgan fingerprint density at radius 3 is 2.32 bits per heavy atom. The van der Waals surface area contributed by atoms with E-state index in [0.29, 0.717) is 13.1 Å². The molecular formula is C22H32N4O2. The molecule has 0 atom stereocenters. The molecule has 6 nitrogen and oxygen atoms in total. The standard InChI is InChI=1S/C22H32N4O2/c1-15-8-7-9-16(2)20(15)28-17-10-12-26(13-11-17)21(27)23-19-14-18(22(3,4)5)24-25(19)6/h7-9,14,17H,10-13H2,1-6H3,(H,23,27). The summed E-state index contributed by atoms with van der Waals surface area (Å²) in [5.74, 6) is 1.71. The molecule has 1 N–H and O–H groups in total. The van der Waals surface area contributed by atoms with Crippen LogP contribution >= 0.6 is 0 Å². The zero-order valence-electron chi connectivity index (χ0n) is 17.9. The van der Waals surface area contributed by atoms with Crippen LogP contribution in [0.15, 0.2) is 24.3 Å². The number of hydrogen-bond acceptors (Lipinski definition) is 3. The van der Waals surface area contributed by atoms with Crippen LogP contribution in [-0.2, 0) is 12.5 Å². The maximum atomic E-state index is 12.7. The van der Waals surface area contributed by atoms with E-state index in [4.69, 9.17) is 4.74 Å². The zero-order chi connectivity index (χ0) is 20.5. The molecule has 1 aliphatic heterocycles. The van der Waals surface area contributed by atoms with Crippen molar-refractivity contribution in [3.63, 3.8) is 0 Å². The Balaban J connectivity index is 1.56. The number of para-hydroxylation sites is 1. The summed E-state index contributed by atoms with van der Waals surface area (Å²) < 4.78 is 7.98. The van der Waals surface area contributed by atoms with E-state index in [2.05, 4.69) is 57.2 Å². The molecule has 0 aliphatic carbocycles. The lowest BCUT2D eigenvalue weighted by Gasteiger charge is -2.32. The highest BCUT2D eigenvalue weighted by atomic mass is 16.5. The molecule has 1 aromatic carbocycles. The van der Waals surface area contributed by atoms with Crippen LogP contribution in [0, 0.1) is 13.8 Å². The lowest BCUT2D eigenvalue weighted by molar-refractivity contribution is 0.114. The lowest BCUT2D eigenvalue weighted by atomic mass is 9.92. The van der Waals surface area contributed by atoms with Crippen molar-refractivity contribution in [2.75, 3.05) is 18.4 Å². The number of rotatable bonds is 3. The van der Waals surface area contributed by atoms with Crippen molar-refractivity contribution >= 4 is 11.8 Å². The Morgan fingerprint density at radius 1 is 1.18 bits per heavy atom. The Kier molecular flexibility index (Phi) is 5.68. The Labute approximate surface area is 167 Å². The predicted molar refractivity (Wildman–Crippen MR) is 112 cm³/mol. The smallest absolute Gasteiger partial charge is 0.323 e. The Morgan fingerprint density at radius 2 is 1.79 bits per heavy atom. The second kappa shape index (κ2) is 7.86. The van der Waals surface area contributed by atoms with Gasteiger partial charge in [0.25, 0.3) is 0 Å². The summed E-state index contributed by atoms with van der Waals surface area (Å²) in [6.45, 7) is 11.9. The van der Waals surface area contributed by atoms with Crippen molar-refractivity contribution in [1.82, 2.24) is 14.7 Å².